The maximum atomic E-state index is 12.8. The molecule has 28 heavy (non-hydrogen) atoms. The number of piperidine rings is 3. The van der Waals surface area contributed by atoms with Gasteiger partial charge >= 0.3 is 0 Å². The number of rotatable bonds is 4. The lowest BCUT2D eigenvalue weighted by atomic mass is 9.72. The van der Waals surface area contributed by atoms with Gasteiger partial charge < -0.3 is 15.1 Å². The van der Waals surface area contributed by atoms with Gasteiger partial charge in [0, 0.05) is 50.9 Å². The lowest BCUT2D eigenvalue weighted by Crippen LogP contribution is -2.67. The highest BCUT2D eigenvalue weighted by molar-refractivity contribution is 5.78. The maximum absolute atomic E-state index is 12.8. The lowest BCUT2D eigenvalue weighted by molar-refractivity contribution is -0.149. The number of hydrogen-bond acceptors (Lipinski definition) is 5. The van der Waals surface area contributed by atoms with Crippen molar-refractivity contribution in [3.63, 3.8) is 0 Å². The predicted octanol–water partition coefficient (Wildman–Crippen LogP) is 1.69. The largest absolute Gasteiger partial charge is 0.354 e. The summed E-state index contributed by atoms with van der Waals surface area (Å²) in [5, 5.41) is 2.97. The fraction of sp³-hybridized carbons (Fsp3) is 0.714. The molecule has 7 heteroatoms. The smallest absolute Gasteiger partial charge is 0.225 e. The van der Waals surface area contributed by atoms with Crippen LogP contribution in [0.2, 0.25) is 0 Å². The van der Waals surface area contributed by atoms with Crippen molar-refractivity contribution in [1.82, 2.24) is 20.2 Å². The standard InChI is InChI=1S/C21H31N5O2/c1-4-17-13(2)9-23-21(24-17)25-11-15-8-16(12-25)19(10-22-14(3)27)26-18(15)6-5-7-20(26)28/h9,15-16,18-19H,4-8,10-12H2,1-3H3,(H,22,27)/t15-,16+,18+,19+/m1/s1. The van der Waals surface area contributed by atoms with E-state index < -0.39 is 0 Å². The molecule has 0 aliphatic carbocycles. The Balaban J connectivity index is 1.62. The third-order valence-electron chi connectivity index (χ3n) is 6.74. The Bertz CT molecular complexity index is 767. The molecule has 3 aliphatic heterocycles. The molecule has 0 spiro atoms. The number of anilines is 1. The van der Waals surface area contributed by atoms with Crippen LogP contribution in [0.5, 0.6) is 0 Å². The molecule has 0 aromatic carbocycles. The Labute approximate surface area is 166 Å². The number of aryl methyl sites for hydroxylation is 2. The molecule has 3 aliphatic rings. The molecule has 4 heterocycles. The molecule has 1 N–H and O–H groups in total. The number of amides is 2. The minimum Gasteiger partial charge on any atom is -0.354 e. The predicted molar refractivity (Wildman–Crippen MR) is 107 cm³/mol. The lowest BCUT2D eigenvalue weighted by Gasteiger charge is -2.56. The Morgan fingerprint density at radius 1 is 1.32 bits per heavy atom. The molecule has 7 nitrogen and oxygen atoms in total. The number of fused-ring (bicyclic) bond motifs is 4. The van der Waals surface area contributed by atoms with Gasteiger partial charge in [-0.1, -0.05) is 6.92 Å². The molecular weight excluding hydrogens is 354 g/mol. The van der Waals surface area contributed by atoms with Gasteiger partial charge in [0.25, 0.3) is 0 Å². The molecule has 4 atom stereocenters. The summed E-state index contributed by atoms with van der Waals surface area (Å²) in [4.78, 5) is 38.2. The zero-order chi connectivity index (χ0) is 19.8. The van der Waals surface area contributed by atoms with E-state index in [0.717, 1.165) is 56.0 Å². The SMILES string of the molecule is CCc1nc(N2C[C@H]3C[C@@H](C2)[C@H](CNC(C)=O)N2C(=O)CCC[C@@H]32)ncc1C. The van der Waals surface area contributed by atoms with E-state index in [1.54, 1.807) is 6.92 Å². The van der Waals surface area contributed by atoms with Crippen LogP contribution in [0.3, 0.4) is 0 Å². The van der Waals surface area contributed by atoms with Gasteiger partial charge in [-0.3, -0.25) is 9.59 Å². The van der Waals surface area contributed by atoms with Crippen molar-refractivity contribution in [3.8, 4) is 0 Å². The van der Waals surface area contributed by atoms with Crippen LogP contribution in [0.25, 0.3) is 0 Å². The molecule has 3 fully saturated rings. The average molecular weight is 386 g/mol. The van der Waals surface area contributed by atoms with E-state index in [1.807, 2.05) is 6.20 Å². The Kier molecular flexibility index (Phi) is 5.25. The normalized spacial score (nSPS) is 29.5. The zero-order valence-electron chi connectivity index (χ0n) is 17.1. The molecular formula is C21H31N5O2. The highest BCUT2D eigenvalue weighted by atomic mass is 16.2. The molecule has 3 saturated heterocycles. The van der Waals surface area contributed by atoms with Gasteiger partial charge in [0.05, 0.1) is 6.04 Å². The van der Waals surface area contributed by atoms with Crippen LogP contribution in [0.1, 0.15) is 50.8 Å². The van der Waals surface area contributed by atoms with Crippen LogP contribution >= 0.6 is 0 Å². The second-order valence-electron chi connectivity index (χ2n) is 8.58. The third-order valence-corrected chi connectivity index (χ3v) is 6.74. The van der Waals surface area contributed by atoms with Gasteiger partial charge in [0.2, 0.25) is 17.8 Å². The number of nitrogens with one attached hydrogen (secondary N) is 1. The summed E-state index contributed by atoms with van der Waals surface area (Å²) in [6.07, 6.45) is 6.60. The topological polar surface area (TPSA) is 78.4 Å². The average Bonchev–Trinajstić information content (AvgIpc) is 2.68. The van der Waals surface area contributed by atoms with Gasteiger partial charge in [-0.15, -0.1) is 0 Å². The molecule has 0 unspecified atom stereocenters. The summed E-state index contributed by atoms with van der Waals surface area (Å²) < 4.78 is 0. The number of nitrogens with zero attached hydrogens (tertiary/aromatic N) is 4. The van der Waals surface area contributed by atoms with Crippen molar-refractivity contribution >= 4 is 17.8 Å². The Morgan fingerprint density at radius 2 is 2.11 bits per heavy atom. The molecule has 0 saturated carbocycles. The maximum Gasteiger partial charge on any atom is 0.225 e. The first-order valence-corrected chi connectivity index (χ1v) is 10.6. The number of carbonyl (C=O) groups excluding carboxylic acids is 2. The highest BCUT2D eigenvalue weighted by Crippen LogP contribution is 2.42. The molecule has 0 radical (unpaired) electrons. The van der Waals surface area contributed by atoms with Crippen LogP contribution < -0.4 is 10.2 Å². The van der Waals surface area contributed by atoms with Crippen LogP contribution in [0, 0.1) is 18.8 Å². The van der Waals surface area contributed by atoms with Crippen LogP contribution in [-0.2, 0) is 16.0 Å². The first kappa shape index (κ1) is 19.2. The third kappa shape index (κ3) is 3.47. The van der Waals surface area contributed by atoms with E-state index in [2.05, 4.69) is 33.9 Å². The van der Waals surface area contributed by atoms with E-state index >= 15 is 0 Å². The molecule has 4 rings (SSSR count). The van der Waals surface area contributed by atoms with Crippen LogP contribution in [0.4, 0.5) is 5.95 Å². The molecule has 152 valence electrons. The van der Waals surface area contributed by atoms with Crippen molar-refractivity contribution in [2.45, 2.75) is 65.0 Å². The van der Waals surface area contributed by atoms with E-state index in [9.17, 15) is 9.59 Å². The first-order chi connectivity index (χ1) is 13.5. The van der Waals surface area contributed by atoms with Crippen molar-refractivity contribution in [2.24, 2.45) is 11.8 Å². The quantitative estimate of drug-likeness (QED) is 0.853. The number of hydrogen-bond donors (Lipinski definition) is 1. The van der Waals surface area contributed by atoms with Gasteiger partial charge in [-0.25, -0.2) is 9.97 Å². The number of aromatic nitrogens is 2. The zero-order valence-corrected chi connectivity index (χ0v) is 17.1. The highest BCUT2D eigenvalue weighted by Gasteiger charge is 2.49. The van der Waals surface area contributed by atoms with Gasteiger partial charge in [0.1, 0.15) is 0 Å². The molecule has 1 aromatic rings. The summed E-state index contributed by atoms with van der Waals surface area (Å²) in [5.74, 6) is 1.82. The number of carbonyl (C=O) groups is 2. The van der Waals surface area contributed by atoms with E-state index in [-0.39, 0.29) is 23.9 Å². The van der Waals surface area contributed by atoms with Crippen LogP contribution in [0.15, 0.2) is 6.20 Å². The minimum absolute atomic E-state index is 0.0368. The second-order valence-corrected chi connectivity index (χ2v) is 8.58. The van der Waals surface area contributed by atoms with Gasteiger partial charge in [0.15, 0.2) is 0 Å². The van der Waals surface area contributed by atoms with Gasteiger partial charge in [-0.05, 0) is 50.0 Å². The van der Waals surface area contributed by atoms with E-state index in [0.29, 0.717) is 24.8 Å². The van der Waals surface area contributed by atoms with E-state index in [1.165, 1.54) is 0 Å². The summed E-state index contributed by atoms with van der Waals surface area (Å²) in [7, 11) is 0. The van der Waals surface area contributed by atoms with Crippen molar-refractivity contribution < 1.29 is 9.59 Å². The first-order valence-electron chi connectivity index (χ1n) is 10.6. The van der Waals surface area contributed by atoms with Crippen molar-refractivity contribution in [2.75, 3.05) is 24.5 Å². The van der Waals surface area contributed by atoms with Crippen molar-refractivity contribution in [1.29, 1.82) is 0 Å². The van der Waals surface area contributed by atoms with E-state index in [4.69, 9.17) is 4.98 Å². The summed E-state index contributed by atoms with van der Waals surface area (Å²) in [6, 6.07) is 0.340. The monoisotopic (exact) mass is 385 g/mol. The van der Waals surface area contributed by atoms with Crippen LogP contribution in [-0.4, -0.2) is 58.4 Å². The fourth-order valence-electron chi connectivity index (χ4n) is 5.43. The fourth-order valence-corrected chi connectivity index (χ4v) is 5.43. The summed E-state index contributed by atoms with van der Waals surface area (Å²) in [6.45, 7) is 8.01. The Hall–Kier alpha value is -2.18. The summed E-state index contributed by atoms with van der Waals surface area (Å²) >= 11 is 0. The molecule has 2 amide bonds. The second kappa shape index (κ2) is 7.68. The summed E-state index contributed by atoms with van der Waals surface area (Å²) in [5.41, 5.74) is 2.24. The Morgan fingerprint density at radius 3 is 2.86 bits per heavy atom. The molecule has 2 bridgehead atoms. The minimum atomic E-state index is -0.0368. The molecule has 1 aromatic heterocycles. The van der Waals surface area contributed by atoms with Crippen molar-refractivity contribution in [3.05, 3.63) is 17.5 Å². The van der Waals surface area contributed by atoms with Gasteiger partial charge in [-0.2, -0.15) is 0 Å².